The number of aliphatic hydroxyl groups excluding tert-OH is 1. The van der Waals surface area contributed by atoms with Gasteiger partial charge in [0.1, 0.15) is 12.4 Å². The molecule has 0 unspecified atom stereocenters. The molecular formula is C46H52N4O6. The fourth-order valence-electron chi connectivity index (χ4n) is 11.0. The van der Waals surface area contributed by atoms with E-state index in [2.05, 4.69) is 64.4 Å². The average molecular weight is 757 g/mol. The Balaban J connectivity index is 0.962. The van der Waals surface area contributed by atoms with E-state index in [9.17, 15) is 24.3 Å². The van der Waals surface area contributed by atoms with Gasteiger partial charge in [-0.2, -0.15) is 0 Å². The molecule has 4 saturated heterocycles. The molecule has 292 valence electrons. The van der Waals surface area contributed by atoms with E-state index in [-0.39, 0.29) is 60.8 Å². The van der Waals surface area contributed by atoms with Crippen molar-refractivity contribution in [2.24, 2.45) is 29.6 Å². The standard InChI is InChI=1S/C46H52N4O6/c51-25-26-56-35-13-11-32(12-14-35)40-36-15-16-37-41(45(54)49(43(37)52)33-17-21-47(22-18-33)28-30-7-3-1-4-8-30)38(36)27-39-42(40)46(55)50(44(39)53)34-19-23-48(24-20-34)29-31-9-5-2-6-10-31/h1-15,33-34,37-42,51H,16-29H2/t37-,38+,39+,40-,41-,42+/m0/s1. The monoisotopic (exact) mass is 756 g/mol. The maximum Gasteiger partial charge on any atom is 0.234 e. The fraction of sp³-hybridized carbons (Fsp3) is 0.478. The largest absolute Gasteiger partial charge is 0.491 e. The molecule has 3 aromatic carbocycles. The first kappa shape index (κ1) is 37.0. The summed E-state index contributed by atoms with van der Waals surface area (Å²) < 4.78 is 5.67. The molecule has 2 aliphatic carbocycles. The number of likely N-dealkylation sites (tertiary alicyclic amines) is 4. The molecule has 6 atom stereocenters. The minimum Gasteiger partial charge on any atom is -0.491 e. The molecule has 0 spiro atoms. The van der Waals surface area contributed by atoms with E-state index >= 15 is 0 Å². The summed E-state index contributed by atoms with van der Waals surface area (Å²) in [5, 5.41) is 9.30. The van der Waals surface area contributed by atoms with Crippen LogP contribution in [0.4, 0.5) is 0 Å². The predicted molar refractivity (Wildman–Crippen MR) is 210 cm³/mol. The number of hydrogen-bond donors (Lipinski definition) is 1. The van der Waals surface area contributed by atoms with Gasteiger partial charge in [0.2, 0.25) is 23.6 Å². The van der Waals surface area contributed by atoms with E-state index in [1.165, 1.54) is 11.1 Å². The Bertz CT molecular complexity index is 1950. The number of piperidine rings is 2. The summed E-state index contributed by atoms with van der Waals surface area (Å²) >= 11 is 0. The number of aliphatic hydroxyl groups is 1. The highest BCUT2D eigenvalue weighted by atomic mass is 16.5. The third-order valence-electron chi connectivity index (χ3n) is 13.7. The molecule has 6 aliphatic rings. The van der Waals surface area contributed by atoms with Crippen molar-refractivity contribution in [3.63, 3.8) is 0 Å². The van der Waals surface area contributed by atoms with Gasteiger partial charge < -0.3 is 9.84 Å². The van der Waals surface area contributed by atoms with Crippen LogP contribution in [0.5, 0.6) is 5.75 Å². The Morgan fingerprint density at radius 3 is 1.64 bits per heavy atom. The van der Waals surface area contributed by atoms with E-state index < -0.39 is 23.7 Å². The van der Waals surface area contributed by atoms with Gasteiger partial charge in [-0.3, -0.25) is 38.8 Å². The Morgan fingerprint density at radius 1 is 0.589 bits per heavy atom. The fourth-order valence-corrected chi connectivity index (χ4v) is 11.0. The number of amides is 4. The van der Waals surface area contributed by atoms with Crippen molar-refractivity contribution < 1.29 is 29.0 Å². The third-order valence-corrected chi connectivity index (χ3v) is 13.7. The van der Waals surface area contributed by atoms with Crippen LogP contribution in [0.15, 0.2) is 96.6 Å². The van der Waals surface area contributed by atoms with Gasteiger partial charge in [0.15, 0.2) is 0 Å². The zero-order valence-corrected chi connectivity index (χ0v) is 32.0. The zero-order chi connectivity index (χ0) is 38.3. The maximum atomic E-state index is 14.7. The summed E-state index contributed by atoms with van der Waals surface area (Å²) in [7, 11) is 0. The van der Waals surface area contributed by atoms with E-state index in [4.69, 9.17) is 4.74 Å². The van der Waals surface area contributed by atoms with Crippen LogP contribution < -0.4 is 4.74 Å². The molecular weight excluding hydrogens is 705 g/mol. The number of ether oxygens (including phenoxy) is 1. The number of imide groups is 2. The first-order valence-electron chi connectivity index (χ1n) is 20.7. The summed E-state index contributed by atoms with van der Waals surface area (Å²) in [6.07, 6.45) is 5.96. The second kappa shape index (κ2) is 15.7. The SMILES string of the molecule is O=C1[C@H]2[C@H](CC=C3[C@H]2C[C@H]2C(=O)N(C4CCN(Cc5ccccc5)CC4)C(=O)[C@H]2[C@H]3c2ccc(OCCO)cc2)C(=O)N1C1CCN(Cc2ccccc2)CC1. The van der Waals surface area contributed by atoms with Gasteiger partial charge >= 0.3 is 0 Å². The van der Waals surface area contributed by atoms with Gasteiger partial charge in [-0.25, -0.2) is 0 Å². The van der Waals surface area contributed by atoms with Crippen LogP contribution in [0.25, 0.3) is 0 Å². The molecule has 4 amide bonds. The molecule has 10 heteroatoms. The van der Waals surface area contributed by atoms with E-state index in [1.807, 2.05) is 36.4 Å². The minimum atomic E-state index is -0.564. The molecule has 1 saturated carbocycles. The van der Waals surface area contributed by atoms with Crippen LogP contribution in [-0.4, -0.2) is 99.8 Å². The van der Waals surface area contributed by atoms with Gasteiger partial charge in [0, 0.05) is 57.3 Å². The van der Waals surface area contributed by atoms with Crippen molar-refractivity contribution in [2.75, 3.05) is 39.4 Å². The lowest BCUT2D eigenvalue weighted by Gasteiger charge is -2.44. The topological polar surface area (TPSA) is 111 Å². The highest BCUT2D eigenvalue weighted by Gasteiger charge is 2.63. The number of carbonyl (C=O) groups is 4. The number of nitrogens with zero attached hydrogens (tertiary/aromatic N) is 4. The molecule has 9 rings (SSSR count). The summed E-state index contributed by atoms with van der Waals surface area (Å²) in [4.78, 5) is 66.2. The molecule has 1 N–H and O–H groups in total. The van der Waals surface area contributed by atoms with E-state index in [1.54, 1.807) is 9.80 Å². The summed E-state index contributed by atoms with van der Waals surface area (Å²) in [6, 6.07) is 28.1. The molecule has 3 aromatic rings. The van der Waals surface area contributed by atoms with Gasteiger partial charge in [0.05, 0.1) is 30.3 Å². The first-order chi connectivity index (χ1) is 27.4. The van der Waals surface area contributed by atoms with Crippen molar-refractivity contribution in [1.82, 2.24) is 19.6 Å². The van der Waals surface area contributed by atoms with E-state index in [0.29, 0.717) is 18.6 Å². The minimum absolute atomic E-state index is 0.0708. The van der Waals surface area contributed by atoms with Crippen molar-refractivity contribution in [3.05, 3.63) is 113 Å². The zero-order valence-electron chi connectivity index (χ0n) is 32.0. The molecule has 0 aromatic heterocycles. The third kappa shape index (κ3) is 6.79. The Hall–Kier alpha value is -4.64. The van der Waals surface area contributed by atoms with Crippen LogP contribution in [0.3, 0.4) is 0 Å². The van der Waals surface area contributed by atoms with Crippen LogP contribution in [-0.2, 0) is 32.3 Å². The van der Waals surface area contributed by atoms with Crippen molar-refractivity contribution in [1.29, 1.82) is 0 Å². The van der Waals surface area contributed by atoms with Crippen molar-refractivity contribution in [2.45, 2.75) is 69.6 Å². The van der Waals surface area contributed by atoms with Gasteiger partial charge in [-0.15, -0.1) is 0 Å². The number of allylic oxidation sites excluding steroid dienone is 2. The summed E-state index contributed by atoms with van der Waals surface area (Å²) in [5.74, 6) is -2.55. The molecule has 4 aliphatic heterocycles. The number of fused-ring (bicyclic) bond motifs is 4. The lowest BCUT2D eigenvalue weighted by Crippen LogP contribution is -2.48. The Labute approximate surface area is 329 Å². The van der Waals surface area contributed by atoms with Crippen LogP contribution in [0.2, 0.25) is 0 Å². The van der Waals surface area contributed by atoms with Gasteiger partial charge in [-0.1, -0.05) is 84.4 Å². The smallest absolute Gasteiger partial charge is 0.234 e. The molecule has 56 heavy (non-hydrogen) atoms. The molecule has 5 fully saturated rings. The second-order valence-corrected chi connectivity index (χ2v) is 16.7. The van der Waals surface area contributed by atoms with E-state index in [0.717, 1.165) is 76.1 Å². The molecule has 0 radical (unpaired) electrons. The summed E-state index contributed by atoms with van der Waals surface area (Å²) in [5.41, 5.74) is 4.44. The first-order valence-corrected chi connectivity index (χ1v) is 20.7. The maximum absolute atomic E-state index is 14.7. The number of carbonyl (C=O) groups excluding carboxylic acids is 4. The van der Waals surface area contributed by atoms with Crippen LogP contribution in [0, 0.1) is 29.6 Å². The predicted octanol–water partition coefficient (Wildman–Crippen LogP) is 5.02. The Morgan fingerprint density at radius 2 is 1.11 bits per heavy atom. The van der Waals surface area contributed by atoms with Crippen molar-refractivity contribution >= 4 is 23.6 Å². The highest BCUT2D eigenvalue weighted by molar-refractivity contribution is 6.08. The molecule has 10 nitrogen and oxygen atoms in total. The molecule has 0 bridgehead atoms. The van der Waals surface area contributed by atoms with Crippen LogP contribution >= 0.6 is 0 Å². The highest BCUT2D eigenvalue weighted by Crippen LogP contribution is 2.58. The van der Waals surface area contributed by atoms with Gasteiger partial charge in [0.25, 0.3) is 0 Å². The quantitative estimate of drug-likeness (QED) is 0.227. The van der Waals surface area contributed by atoms with Gasteiger partial charge in [-0.05, 0) is 73.3 Å². The number of rotatable bonds is 10. The lowest BCUT2D eigenvalue weighted by atomic mass is 9.57. The Kier molecular flexibility index (Phi) is 10.4. The van der Waals surface area contributed by atoms with Crippen molar-refractivity contribution in [3.8, 4) is 5.75 Å². The molecule has 4 heterocycles. The normalized spacial score (nSPS) is 29.0. The lowest BCUT2D eigenvalue weighted by molar-refractivity contribution is -0.146. The second-order valence-electron chi connectivity index (χ2n) is 16.7. The van der Waals surface area contributed by atoms with Crippen LogP contribution in [0.1, 0.15) is 61.1 Å². The number of hydrogen-bond acceptors (Lipinski definition) is 8. The number of benzene rings is 3. The summed E-state index contributed by atoms with van der Waals surface area (Å²) in [6.45, 7) is 5.02. The average Bonchev–Trinajstić information content (AvgIpc) is 3.64.